The third-order valence-electron chi connectivity index (χ3n) is 3.36. The van der Waals surface area contributed by atoms with Gasteiger partial charge in [0.05, 0.1) is 17.2 Å². The minimum Gasteiger partial charge on any atom is -0.492 e. The van der Waals surface area contributed by atoms with Crippen LogP contribution >= 0.6 is 0 Å². The van der Waals surface area contributed by atoms with Crippen molar-refractivity contribution in [2.75, 3.05) is 25.4 Å². The van der Waals surface area contributed by atoms with Gasteiger partial charge in [0, 0.05) is 14.1 Å². The molecular formula is C16H19FN2O5S2. The highest BCUT2D eigenvalue weighted by Gasteiger charge is 2.24. The topological polar surface area (TPSA) is 92.8 Å². The van der Waals surface area contributed by atoms with Crippen molar-refractivity contribution >= 4 is 25.7 Å². The van der Waals surface area contributed by atoms with Crippen LogP contribution in [0.4, 0.5) is 10.1 Å². The van der Waals surface area contributed by atoms with Crippen LogP contribution in [0.15, 0.2) is 52.3 Å². The van der Waals surface area contributed by atoms with E-state index in [2.05, 4.69) is 4.72 Å². The Kier molecular flexibility index (Phi) is 5.89. The lowest BCUT2D eigenvalue weighted by Gasteiger charge is -2.17. The first-order chi connectivity index (χ1) is 12.1. The molecule has 0 fully saturated rings. The first kappa shape index (κ1) is 20.1. The molecule has 2 aromatic rings. The average Bonchev–Trinajstić information content (AvgIpc) is 2.56. The molecule has 0 spiro atoms. The maximum absolute atomic E-state index is 13.3. The molecule has 0 atom stereocenters. The van der Waals surface area contributed by atoms with Gasteiger partial charge in [0.15, 0.2) is 0 Å². The molecule has 26 heavy (non-hydrogen) atoms. The molecule has 2 rings (SSSR count). The number of hydrogen-bond acceptors (Lipinski definition) is 5. The van der Waals surface area contributed by atoms with Crippen molar-refractivity contribution in [3.63, 3.8) is 0 Å². The van der Waals surface area contributed by atoms with Crippen molar-refractivity contribution in [3.8, 4) is 5.75 Å². The number of nitrogens with zero attached hydrogens (tertiary/aromatic N) is 1. The first-order valence-corrected chi connectivity index (χ1v) is 10.5. The molecule has 1 N–H and O–H groups in total. The molecule has 0 radical (unpaired) electrons. The van der Waals surface area contributed by atoms with Gasteiger partial charge in [0.25, 0.3) is 10.0 Å². The molecule has 0 unspecified atom stereocenters. The molecule has 2 aromatic carbocycles. The van der Waals surface area contributed by atoms with Crippen molar-refractivity contribution in [2.45, 2.75) is 16.7 Å². The molecule has 0 aliphatic heterocycles. The van der Waals surface area contributed by atoms with Crippen molar-refractivity contribution in [1.82, 2.24) is 4.31 Å². The van der Waals surface area contributed by atoms with Gasteiger partial charge in [-0.05, 0) is 43.3 Å². The SMILES string of the molecule is CCOc1ccc(NS(=O)(=O)c2cccc(F)c2)cc1S(=O)(=O)N(C)C. The maximum Gasteiger partial charge on any atom is 0.261 e. The largest absolute Gasteiger partial charge is 0.492 e. The van der Waals surface area contributed by atoms with Crippen LogP contribution in [0.5, 0.6) is 5.75 Å². The summed E-state index contributed by atoms with van der Waals surface area (Å²) in [6.45, 7) is 1.94. The Bertz CT molecular complexity index is 1010. The van der Waals surface area contributed by atoms with Gasteiger partial charge < -0.3 is 4.74 Å². The van der Waals surface area contributed by atoms with E-state index in [-0.39, 0.29) is 27.8 Å². The van der Waals surface area contributed by atoms with Crippen molar-refractivity contribution in [2.24, 2.45) is 0 Å². The average molecular weight is 402 g/mol. The minimum absolute atomic E-state index is 0.0122. The molecule has 0 amide bonds. The van der Waals surface area contributed by atoms with Crippen LogP contribution in [0.25, 0.3) is 0 Å². The van der Waals surface area contributed by atoms with Crippen LogP contribution in [-0.4, -0.2) is 41.8 Å². The van der Waals surface area contributed by atoms with Gasteiger partial charge in [-0.1, -0.05) is 6.07 Å². The van der Waals surface area contributed by atoms with Gasteiger partial charge in [-0.15, -0.1) is 0 Å². The lowest BCUT2D eigenvalue weighted by atomic mass is 10.3. The lowest BCUT2D eigenvalue weighted by molar-refractivity contribution is 0.330. The summed E-state index contributed by atoms with van der Waals surface area (Å²) in [5.74, 6) is -0.592. The maximum atomic E-state index is 13.3. The Morgan fingerprint density at radius 3 is 2.35 bits per heavy atom. The van der Waals surface area contributed by atoms with E-state index in [9.17, 15) is 21.2 Å². The minimum atomic E-state index is -4.08. The zero-order valence-corrected chi connectivity index (χ0v) is 16.1. The monoisotopic (exact) mass is 402 g/mol. The molecular weight excluding hydrogens is 383 g/mol. The van der Waals surface area contributed by atoms with E-state index in [1.54, 1.807) is 6.92 Å². The summed E-state index contributed by atoms with van der Waals surface area (Å²) in [4.78, 5) is -0.452. The van der Waals surface area contributed by atoms with Crippen molar-refractivity contribution < 1.29 is 26.0 Å². The number of sulfonamides is 2. The van der Waals surface area contributed by atoms with Gasteiger partial charge in [0.2, 0.25) is 10.0 Å². The van der Waals surface area contributed by atoms with Crippen LogP contribution in [0, 0.1) is 5.82 Å². The van der Waals surface area contributed by atoms with E-state index in [1.807, 2.05) is 0 Å². The normalized spacial score (nSPS) is 12.2. The standard InChI is InChI=1S/C16H19FN2O5S2/c1-4-24-15-9-8-13(11-16(15)26(22,23)19(2)3)18-25(20,21)14-7-5-6-12(17)10-14/h5-11,18H,4H2,1-3H3. The van der Waals surface area contributed by atoms with Crippen LogP contribution < -0.4 is 9.46 Å². The summed E-state index contributed by atoms with van der Waals surface area (Å²) in [7, 11) is -5.24. The smallest absolute Gasteiger partial charge is 0.261 e. The molecule has 0 aliphatic carbocycles. The van der Waals surface area contributed by atoms with Crippen LogP contribution in [-0.2, 0) is 20.0 Å². The van der Waals surface area contributed by atoms with E-state index in [0.29, 0.717) is 0 Å². The Morgan fingerprint density at radius 1 is 1.08 bits per heavy atom. The van der Waals surface area contributed by atoms with E-state index in [1.165, 1.54) is 38.4 Å². The molecule has 0 saturated carbocycles. The summed E-state index contributed by atoms with van der Waals surface area (Å²) >= 11 is 0. The Morgan fingerprint density at radius 2 is 1.77 bits per heavy atom. The first-order valence-electron chi connectivity index (χ1n) is 7.55. The molecule has 0 heterocycles. The summed E-state index contributed by atoms with van der Waals surface area (Å²) in [5, 5.41) is 0. The van der Waals surface area contributed by atoms with Crippen LogP contribution in [0.3, 0.4) is 0 Å². The fourth-order valence-corrected chi connectivity index (χ4v) is 4.22. The fourth-order valence-electron chi connectivity index (χ4n) is 2.09. The van der Waals surface area contributed by atoms with Gasteiger partial charge >= 0.3 is 0 Å². The summed E-state index contributed by atoms with van der Waals surface area (Å²) < 4.78 is 71.6. The number of benzene rings is 2. The number of nitrogens with one attached hydrogen (secondary N) is 1. The zero-order chi connectivity index (χ0) is 19.5. The summed E-state index contributed by atoms with van der Waals surface area (Å²) in [6, 6.07) is 8.39. The fraction of sp³-hybridized carbons (Fsp3) is 0.250. The number of ether oxygens (including phenoxy) is 1. The van der Waals surface area contributed by atoms with E-state index in [4.69, 9.17) is 4.74 Å². The number of hydrogen-bond donors (Lipinski definition) is 1. The Balaban J connectivity index is 2.48. The van der Waals surface area contributed by atoms with Gasteiger partial charge in [0.1, 0.15) is 16.5 Å². The highest BCUT2D eigenvalue weighted by atomic mass is 32.2. The quantitative estimate of drug-likeness (QED) is 0.767. The highest BCUT2D eigenvalue weighted by Crippen LogP contribution is 2.30. The summed E-state index contributed by atoms with van der Waals surface area (Å²) in [6.07, 6.45) is 0. The Hall–Kier alpha value is -2.17. The molecule has 10 heteroatoms. The van der Waals surface area contributed by atoms with Crippen molar-refractivity contribution in [1.29, 1.82) is 0 Å². The lowest BCUT2D eigenvalue weighted by Crippen LogP contribution is -2.23. The Labute approximate surface area is 152 Å². The third kappa shape index (κ3) is 4.32. The second-order valence-corrected chi connectivity index (χ2v) is 9.25. The third-order valence-corrected chi connectivity index (χ3v) is 6.58. The zero-order valence-electron chi connectivity index (χ0n) is 14.4. The van der Waals surface area contributed by atoms with Gasteiger partial charge in [-0.25, -0.2) is 25.5 Å². The number of halogens is 1. The second-order valence-electron chi connectivity index (χ2n) is 5.44. The van der Waals surface area contributed by atoms with Crippen LogP contribution in [0.2, 0.25) is 0 Å². The van der Waals surface area contributed by atoms with Gasteiger partial charge in [-0.2, -0.15) is 0 Å². The predicted octanol–water partition coefficient (Wildman–Crippen LogP) is 2.28. The second kappa shape index (κ2) is 7.60. The molecule has 0 saturated heterocycles. The molecule has 0 aliphatic rings. The number of anilines is 1. The van der Waals surface area contributed by atoms with E-state index < -0.39 is 25.9 Å². The van der Waals surface area contributed by atoms with E-state index in [0.717, 1.165) is 22.5 Å². The van der Waals surface area contributed by atoms with Crippen LogP contribution in [0.1, 0.15) is 6.92 Å². The summed E-state index contributed by atoms with van der Waals surface area (Å²) in [5.41, 5.74) is 0.0122. The molecule has 7 nitrogen and oxygen atoms in total. The highest BCUT2D eigenvalue weighted by molar-refractivity contribution is 7.92. The number of rotatable bonds is 7. The molecule has 0 bridgehead atoms. The van der Waals surface area contributed by atoms with E-state index >= 15 is 0 Å². The predicted molar refractivity (Wildman–Crippen MR) is 95.7 cm³/mol. The van der Waals surface area contributed by atoms with Gasteiger partial charge in [-0.3, -0.25) is 4.72 Å². The molecule has 0 aromatic heterocycles. The van der Waals surface area contributed by atoms with Crippen molar-refractivity contribution in [3.05, 3.63) is 48.3 Å². The molecule has 142 valence electrons.